The summed E-state index contributed by atoms with van der Waals surface area (Å²) in [6.45, 7) is 1.02. The van der Waals surface area contributed by atoms with Gasteiger partial charge >= 0.3 is 0 Å². The molecule has 1 heterocycles. The molecule has 0 spiro atoms. The largest absolute Gasteiger partial charge is 0.370 e. The molecule has 1 aromatic rings. The van der Waals surface area contributed by atoms with Gasteiger partial charge < -0.3 is 10.2 Å². The van der Waals surface area contributed by atoms with E-state index >= 15 is 0 Å². The first-order valence-corrected chi connectivity index (χ1v) is 6.00. The first-order chi connectivity index (χ1) is 7.75. The van der Waals surface area contributed by atoms with E-state index in [-0.39, 0.29) is 0 Å². The van der Waals surface area contributed by atoms with Gasteiger partial charge in [-0.2, -0.15) is 4.98 Å². The van der Waals surface area contributed by atoms with E-state index in [1.54, 1.807) is 6.20 Å². The van der Waals surface area contributed by atoms with Gasteiger partial charge in [0, 0.05) is 26.8 Å². The molecule has 0 unspecified atom stereocenters. The Labute approximate surface area is 97.1 Å². The Bertz CT molecular complexity index is 334. The minimum absolute atomic E-state index is 0.758. The van der Waals surface area contributed by atoms with Crippen molar-refractivity contribution in [3.8, 4) is 0 Å². The van der Waals surface area contributed by atoms with Crippen molar-refractivity contribution < 1.29 is 0 Å². The van der Waals surface area contributed by atoms with Gasteiger partial charge in [-0.05, 0) is 18.4 Å². The maximum Gasteiger partial charge on any atom is 0.226 e. The van der Waals surface area contributed by atoms with E-state index in [1.807, 2.05) is 25.1 Å². The lowest BCUT2D eigenvalue weighted by atomic mass is 9.83. The zero-order valence-electron chi connectivity index (χ0n) is 10.1. The second-order valence-electron chi connectivity index (χ2n) is 4.65. The Kier molecular flexibility index (Phi) is 3.59. The molecular weight excluding hydrogens is 200 g/mol. The van der Waals surface area contributed by atoms with Gasteiger partial charge in [-0.15, -0.1) is 0 Å². The molecule has 0 saturated heterocycles. The predicted octanol–water partition coefficient (Wildman–Crippen LogP) is 2.14. The predicted molar refractivity (Wildman–Crippen MR) is 66.8 cm³/mol. The van der Waals surface area contributed by atoms with Gasteiger partial charge in [0.15, 0.2) is 0 Å². The average molecular weight is 220 g/mol. The van der Waals surface area contributed by atoms with Crippen LogP contribution in [0, 0.1) is 5.92 Å². The molecule has 0 aliphatic heterocycles. The fourth-order valence-electron chi connectivity index (χ4n) is 1.85. The number of nitrogens with one attached hydrogen (secondary N) is 1. The smallest absolute Gasteiger partial charge is 0.226 e. The van der Waals surface area contributed by atoms with Crippen molar-refractivity contribution in [1.82, 2.24) is 9.97 Å². The van der Waals surface area contributed by atoms with E-state index in [1.165, 1.54) is 25.7 Å². The lowest BCUT2D eigenvalue weighted by molar-refractivity contribution is 0.303. The molecule has 0 bridgehead atoms. The zero-order chi connectivity index (χ0) is 11.4. The highest BCUT2D eigenvalue weighted by molar-refractivity contribution is 5.40. The third-order valence-corrected chi connectivity index (χ3v) is 3.13. The Hall–Kier alpha value is -1.32. The third-order valence-electron chi connectivity index (χ3n) is 3.13. The highest BCUT2D eigenvalue weighted by Crippen LogP contribution is 2.29. The van der Waals surface area contributed by atoms with Crippen LogP contribution in [-0.2, 0) is 0 Å². The normalized spacial score (nSPS) is 15.6. The number of nitrogens with zero attached hydrogens (tertiary/aromatic N) is 3. The molecule has 2 rings (SSSR count). The van der Waals surface area contributed by atoms with Crippen molar-refractivity contribution in [2.75, 3.05) is 30.9 Å². The Balaban J connectivity index is 1.81. The van der Waals surface area contributed by atoms with Gasteiger partial charge in [0.1, 0.15) is 5.82 Å². The molecule has 4 nitrogen and oxygen atoms in total. The summed E-state index contributed by atoms with van der Waals surface area (Å²) in [7, 11) is 3.90. The number of aromatic nitrogens is 2. The quantitative estimate of drug-likeness (QED) is 0.825. The highest BCUT2D eigenvalue weighted by Gasteiger charge is 2.16. The highest BCUT2D eigenvalue weighted by atomic mass is 15.2. The molecule has 16 heavy (non-hydrogen) atoms. The minimum atomic E-state index is 0.758. The summed E-state index contributed by atoms with van der Waals surface area (Å²) >= 11 is 0. The molecule has 0 amide bonds. The van der Waals surface area contributed by atoms with Crippen LogP contribution in [-0.4, -0.2) is 30.6 Å². The first kappa shape index (κ1) is 11.2. The molecule has 1 saturated carbocycles. The van der Waals surface area contributed by atoms with E-state index in [4.69, 9.17) is 0 Å². The monoisotopic (exact) mass is 220 g/mol. The van der Waals surface area contributed by atoms with Crippen molar-refractivity contribution in [2.45, 2.75) is 25.7 Å². The number of hydrogen-bond donors (Lipinski definition) is 1. The molecule has 1 aromatic heterocycles. The molecule has 1 aliphatic carbocycles. The zero-order valence-corrected chi connectivity index (χ0v) is 10.1. The van der Waals surface area contributed by atoms with Gasteiger partial charge in [0.05, 0.1) is 0 Å². The van der Waals surface area contributed by atoms with Crippen LogP contribution in [0.1, 0.15) is 25.7 Å². The maximum absolute atomic E-state index is 4.42. The minimum Gasteiger partial charge on any atom is -0.370 e. The fraction of sp³-hybridized carbons (Fsp3) is 0.667. The molecule has 4 heteroatoms. The van der Waals surface area contributed by atoms with Crippen LogP contribution in [0.25, 0.3) is 0 Å². The number of hydrogen-bond acceptors (Lipinski definition) is 4. The van der Waals surface area contributed by atoms with Gasteiger partial charge in [-0.1, -0.05) is 19.3 Å². The molecule has 0 aromatic carbocycles. The Morgan fingerprint density at radius 3 is 2.88 bits per heavy atom. The molecular formula is C12H20N4. The average Bonchev–Trinajstić information content (AvgIpc) is 2.22. The molecule has 1 aliphatic rings. The summed E-state index contributed by atoms with van der Waals surface area (Å²) in [6, 6.07) is 1.92. The van der Waals surface area contributed by atoms with Crippen LogP contribution in [0.4, 0.5) is 11.8 Å². The second kappa shape index (κ2) is 5.14. The number of rotatable bonds is 5. The van der Waals surface area contributed by atoms with Gasteiger partial charge in [0.2, 0.25) is 5.95 Å². The van der Waals surface area contributed by atoms with Crippen molar-refractivity contribution in [2.24, 2.45) is 5.92 Å². The van der Waals surface area contributed by atoms with Crippen molar-refractivity contribution in [3.63, 3.8) is 0 Å². The van der Waals surface area contributed by atoms with Crippen LogP contribution in [0.15, 0.2) is 12.3 Å². The summed E-state index contributed by atoms with van der Waals surface area (Å²) in [4.78, 5) is 10.5. The van der Waals surface area contributed by atoms with E-state index < -0.39 is 0 Å². The topological polar surface area (TPSA) is 41.1 Å². The van der Waals surface area contributed by atoms with Crippen molar-refractivity contribution >= 4 is 11.8 Å². The summed E-state index contributed by atoms with van der Waals surface area (Å²) < 4.78 is 0. The third kappa shape index (κ3) is 2.84. The van der Waals surface area contributed by atoms with Gasteiger partial charge in [0.25, 0.3) is 0 Å². The van der Waals surface area contributed by atoms with Crippen molar-refractivity contribution in [3.05, 3.63) is 12.3 Å². The van der Waals surface area contributed by atoms with Gasteiger partial charge in [-0.25, -0.2) is 4.98 Å². The van der Waals surface area contributed by atoms with E-state index in [0.29, 0.717) is 0 Å². The second-order valence-corrected chi connectivity index (χ2v) is 4.65. The SMILES string of the molecule is CN(C)c1nccc(NCCC2CCC2)n1. The van der Waals surface area contributed by atoms with Crippen LogP contribution in [0.5, 0.6) is 0 Å². The fourth-order valence-corrected chi connectivity index (χ4v) is 1.85. The van der Waals surface area contributed by atoms with Crippen LogP contribution in [0.2, 0.25) is 0 Å². The molecule has 0 atom stereocenters. The molecule has 88 valence electrons. The lowest BCUT2D eigenvalue weighted by Crippen LogP contribution is -2.17. The molecule has 1 fully saturated rings. The van der Waals surface area contributed by atoms with Crippen molar-refractivity contribution in [1.29, 1.82) is 0 Å². The maximum atomic E-state index is 4.42. The standard InChI is InChI=1S/C12H20N4/c1-16(2)12-14-9-7-11(15-12)13-8-6-10-4-3-5-10/h7,9-10H,3-6,8H2,1-2H3,(H,13,14,15). The van der Waals surface area contributed by atoms with Crippen LogP contribution >= 0.6 is 0 Å². The first-order valence-electron chi connectivity index (χ1n) is 6.00. The number of anilines is 2. The van der Waals surface area contributed by atoms with E-state index in [0.717, 1.165) is 24.2 Å². The Morgan fingerprint density at radius 2 is 2.25 bits per heavy atom. The van der Waals surface area contributed by atoms with Gasteiger partial charge in [-0.3, -0.25) is 0 Å². The molecule has 1 N–H and O–H groups in total. The lowest BCUT2D eigenvalue weighted by Gasteiger charge is -2.25. The molecule has 0 radical (unpaired) electrons. The van der Waals surface area contributed by atoms with Crippen LogP contribution < -0.4 is 10.2 Å². The summed E-state index contributed by atoms with van der Waals surface area (Å²) in [6.07, 6.45) is 7.31. The summed E-state index contributed by atoms with van der Waals surface area (Å²) in [5, 5.41) is 3.36. The van der Waals surface area contributed by atoms with Crippen LogP contribution in [0.3, 0.4) is 0 Å². The summed E-state index contributed by atoms with van der Waals surface area (Å²) in [5.41, 5.74) is 0. The Morgan fingerprint density at radius 1 is 1.44 bits per heavy atom. The van der Waals surface area contributed by atoms with E-state index in [9.17, 15) is 0 Å². The summed E-state index contributed by atoms with van der Waals surface area (Å²) in [5.74, 6) is 2.63. The van der Waals surface area contributed by atoms with E-state index in [2.05, 4.69) is 15.3 Å².